The van der Waals surface area contributed by atoms with Crippen LogP contribution in [0.1, 0.15) is 35.4 Å². The Hall–Kier alpha value is -2.33. The molecule has 2 aromatic carbocycles. The zero-order valence-electron chi connectivity index (χ0n) is 13.8. The highest BCUT2D eigenvalue weighted by atomic mass is 32.2. The summed E-state index contributed by atoms with van der Waals surface area (Å²) in [5.74, 6) is -0.00992. The van der Waals surface area contributed by atoms with E-state index in [4.69, 9.17) is 5.11 Å². The maximum atomic E-state index is 10.9. The summed E-state index contributed by atoms with van der Waals surface area (Å²) in [4.78, 5) is 16.1. The van der Waals surface area contributed by atoms with Gasteiger partial charge in [-0.05, 0) is 52.3 Å². The first-order valence-electron chi connectivity index (χ1n) is 8.50. The normalized spacial score (nSPS) is 13.9. The van der Waals surface area contributed by atoms with Gasteiger partial charge in [-0.25, -0.2) is 0 Å². The molecule has 0 atom stereocenters. The number of aromatic nitrogens is 1. The molecule has 0 bridgehead atoms. The molecule has 4 rings (SSSR count). The Morgan fingerprint density at radius 2 is 1.88 bits per heavy atom. The number of rotatable bonds is 6. The van der Waals surface area contributed by atoms with Gasteiger partial charge in [0.25, 0.3) is 0 Å². The van der Waals surface area contributed by atoms with Crippen LogP contribution in [-0.2, 0) is 11.2 Å². The van der Waals surface area contributed by atoms with Gasteiger partial charge in [-0.3, -0.25) is 9.78 Å². The third-order valence-corrected chi connectivity index (χ3v) is 5.76. The van der Waals surface area contributed by atoms with Crippen LogP contribution in [0.25, 0.3) is 10.8 Å². The zero-order chi connectivity index (χ0) is 17.2. The highest BCUT2D eigenvalue weighted by Crippen LogP contribution is 2.43. The molecule has 0 saturated heterocycles. The topological polar surface area (TPSA) is 50.2 Å². The first-order chi connectivity index (χ1) is 12.2. The first kappa shape index (κ1) is 16.2. The maximum Gasteiger partial charge on any atom is 0.313 e. The van der Waals surface area contributed by atoms with E-state index in [2.05, 4.69) is 41.4 Å². The second-order valence-corrected chi connectivity index (χ2v) is 7.49. The van der Waals surface area contributed by atoms with Gasteiger partial charge in [0.2, 0.25) is 0 Å². The average Bonchev–Trinajstić information content (AvgIpc) is 3.46. The molecule has 1 saturated carbocycles. The van der Waals surface area contributed by atoms with E-state index in [-0.39, 0.29) is 5.75 Å². The van der Waals surface area contributed by atoms with Crippen molar-refractivity contribution in [3.63, 3.8) is 0 Å². The van der Waals surface area contributed by atoms with Crippen LogP contribution >= 0.6 is 11.8 Å². The van der Waals surface area contributed by atoms with Gasteiger partial charge in [0, 0.05) is 23.7 Å². The fourth-order valence-corrected chi connectivity index (χ4v) is 4.07. The van der Waals surface area contributed by atoms with Crippen LogP contribution in [0.5, 0.6) is 0 Å². The SMILES string of the molecule is O=C(O)CSc1ccncc1Cc1ccc(C2CC2)c2ccccc12. The predicted octanol–water partition coefficient (Wildman–Crippen LogP) is 4.88. The molecule has 0 spiro atoms. The molecule has 0 unspecified atom stereocenters. The number of carboxylic acid groups (broad SMARTS) is 1. The summed E-state index contributed by atoms with van der Waals surface area (Å²) in [5, 5.41) is 11.6. The van der Waals surface area contributed by atoms with E-state index in [0.717, 1.165) is 22.8 Å². The lowest BCUT2D eigenvalue weighted by atomic mass is 9.94. The van der Waals surface area contributed by atoms with Crippen molar-refractivity contribution < 1.29 is 9.90 Å². The molecule has 0 aliphatic heterocycles. The van der Waals surface area contributed by atoms with Crippen molar-refractivity contribution in [1.82, 2.24) is 4.98 Å². The van der Waals surface area contributed by atoms with Gasteiger partial charge in [0.05, 0.1) is 5.75 Å². The Morgan fingerprint density at radius 3 is 2.64 bits per heavy atom. The Kier molecular flexibility index (Phi) is 4.45. The van der Waals surface area contributed by atoms with Crippen molar-refractivity contribution in [2.75, 3.05) is 5.75 Å². The van der Waals surface area contributed by atoms with E-state index in [1.54, 1.807) is 6.20 Å². The van der Waals surface area contributed by atoms with Crippen LogP contribution < -0.4 is 0 Å². The van der Waals surface area contributed by atoms with E-state index in [9.17, 15) is 4.79 Å². The Balaban J connectivity index is 1.70. The summed E-state index contributed by atoms with van der Waals surface area (Å²) in [7, 11) is 0. The summed E-state index contributed by atoms with van der Waals surface area (Å²) in [6.45, 7) is 0. The van der Waals surface area contributed by atoms with Crippen LogP contribution in [0.2, 0.25) is 0 Å². The molecule has 3 aromatic rings. The van der Waals surface area contributed by atoms with E-state index in [1.165, 1.54) is 46.5 Å². The highest BCUT2D eigenvalue weighted by molar-refractivity contribution is 8.00. The van der Waals surface area contributed by atoms with Crippen molar-refractivity contribution in [3.8, 4) is 0 Å². The molecule has 1 aromatic heterocycles. The number of aliphatic carboxylic acids is 1. The Labute approximate surface area is 151 Å². The van der Waals surface area contributed by atoms with E-state index < -0.39 is 5.97 Å². The Bertz CT molecular complexity index is 934. The lowest BCUT2D eigenvalue weighted by Gasteiger charge is -2.13. The number of hydrogen-bond acceptors (Lipinski definition) is 3. The van der Waals surface area contributed by atoms with Gasteiger partial charge in [0.1, 0.15) is 0 Å². The average molecular weight is 349 g/mol. The third-order valence-electron chi connectivity index (χ3n) is 4.66. The van der Waals surface area contributed by atoms with Gasteiger partial charge in [-0.1, -0.05) is 36.4 Å². The standard InChI is InChI=1S/C21H19NO2S/c23-21(24)13-25-20-9-10-22-12-16(20)11-15-7-8-18(14-5-6-14)19-4-2-1-3-17(15)19/h1-4,7-10,12,14H,5-6,11,13H2,(H,23,24). The molecule has 1 heterocycles. The van der Waals surface area contributed by atoms with Crippen molar-refractivity contribution >= 4 is 28.5 Å². The highest BCUT2D eigenvalue weighted by Gasteiger charge is 2.25. The lowest BCUT2D eigenvalue weighted by Crippen LogP contribution is -2.00. The van der Waals surface area contributed by atoms with Crippen LogP contribution in [0.4, 0.5) is 0 Å². The minimum absolute atomic E-state index is 0.0678. The predicted molar refractivity (Wildman–Crippen MR) is 101 cm³/mol. The fraction of sp³-hybridized carbons (Fsp3) is 0.238. The molecule has 1 aliphatic carbocycles. The number of pyridine rings is 1. The van der Waals surface area contributed by atoms with Crippen LogP contribution in [-0.4, -0.2) is 21.8 Å². The second-order valence-electron chi connectivity index (χ2n) is 6.48. The van der Waals surface area contributed by atoms with E-state index >= 15 is 0 Å². The maximum absolute atomic E-state index is 10.9. The number of nitrogens with zero attached hydrogens (tertiary/aromatic N) is 1. The van der Waals surface area contributed by atoms with Gasteiger partial charge in [-0.15, -0.1) is 11.8 Å². The monoisotopic (exact) mass is 349 g/mol. The van der Waals surface area contributed by atoms with Crippen LogP contribution in [0, 0.1) is 0 Å². The summed E-state index contributed by atoms with van der Waals surface area (Å²) in [6, 6.07) is 15.0. The lowest BCUT2D eigenvalue weighted by molar-refractivity contribution is -0.133. The van der Waals surface area contributed by atoms with Gasteiger partial charge in [0.15, 0.2) is 0 Å². The number of carboxylic acids is 1. The van der Waals surface area contributed by atoms with Gasteiger partial charge >= 0.3 is 5.97 Å². The van der Waals surface area contributed by atoms with Crippen molar-refractivity contribution in [2.45, 2.75) is 30.1 Å². The summed E-state index contributed by atoms with van der Waals surface area (Å²) in [5.41, 5.74) is 3.81. The van der Waals surface area contributed by atoms with Gasteiger partial charge < -0.3 is 5.11 Å². The molecule has 4 heteroatoms. The number of hydrogen-bond donors (Lipinski definition) is 1. The van der Waals surface area contributed by atoms with Crippen molar-refractivity contribution in [2.24, 2.45) is 0 Å². The molecule has 0 amide bonds. The molecule has 25 heavy (non-hydrogen) atoms. The summed E-state index contributed by atoms with van der Waals surface area (Å²) in [6.07, 6.45) is 6.93. The molecule has 0 radical (unpaired) electrons. The fourth-order valence-electron chi connectivity index (χ4n) is 3.32. The molecule has 1 N–H and O–H groups in total. The van der Waals surface area contributed by atoms with Crippen molar-refractivity contribution in [3.05, 3.63) is 71.5 Å². The van der Waals surface area contributed by atoms with Crippen LogP contribution in [0.15, 0.2) is 59.8 Å². The molecular formula is C21H19NO2S. The molecular weight excluding hydrogens is 330 g/mol. The number of thioether (sulfide) groups is 1. The third kappa shape index (κ3) is 3.54. The zero-order valence-corrected chi connectivity index (χ0v) is 14.6. The van der Waals surface area contributed by atoms with E-state index in [0.29, 0.717) is 0 Å². The first-order valence-corrected chi connectivity index (χ1v) is 9.49. The minimum atomic E-state index is -0.799. The molecule has 1 aliphatic rings. The molecule has 126 valence electrons. The number of fused-ring (bicyclic) bond motifs is 1. The largest absolute Gasteiger partial charge is 0.481 e. The summed E-state index contributed by atoms with van der Waals surface area (Å²) < 4.78 is 0. The summed E-state index contributed by atoms with van der Waals surface area (Å²) >= 11 is 1.36. The van der Waals surface area contributed by atoms with Crippen molar-refractivity contribution in [1.29, 1.82) is 0 Å². The van der Waals surface area contributed by atoms with Crippen LogP contribution in [0.3, 0.4) is 0 Å². The second kappa shape index (κ2) is 6.89. The quantitative estimate of drug-likeness (QED) is 0.644. The van der Waals surface area contributed by atoms with E-state index in [1.807, 2.05) is 12.3 Å². The minimum Gasteiger partial charge on any atom is -0.481 e. The molecule has 1 fully saturated rings. The Morgan fingerprint density at radius 1 is 1.08 bits per heavy atom. The molecule has 3 nitrogen and oxygen atoms in total. The van der Waals surface area contributed by atoms with Gasteiger partial charge in [-0.2, -0.15) is 0 Å². The smallest absolute Gasteiger partial charge is 0.313 e. The number of carbonyl (C=O) groups is 1. The number of benzene rings is 2.